The molecule has 0 radical (unpaired) electrons. The normalized spacial score (nSPS) is 15.0. The largest absolute Gasteiger partial charge is 0.370 e. The highest BCUT2D eigenvalue weighted by Crippen LogP contribution is 2.19. The Labute approximate surface area is 177 Å². The van der Waals surface area contributed by atoms with Crippen LogP contribution in [-0.4, -0.2) is 42.9 Å². The third-order valence-corrected chi connectivity index (χ3v) is 5.22. The molecule has 1 fully saturated rings. The Morgan fingerprint density at radius 1 is 1.07 bits per heavy atom. The van der Waals surface area contributed by atoms with Crippen molar-refractivity contribution in [1.82, 2.24) is 4.90 Å². The minimum atomic E-state index is -0.0424. The summed E-state index contributed by atoms with van der Waals surface area (Å²) in [7, 11) is 0. The molecule has 29 heavy (non-hydrogen) atoms. The number of amides is 1. The molecular formula is C22H28ClN5O. The van der Waals surface area contributed by atoms with Gasteiger partial charge in [0.25, 0.3) is 0 Å². The molecule has 6 nitrogen and oxygen atoms in total. The minimum Gasteiger partial charge on any atom is -0.370 e. The molecule has 0 atom stereocenters. The van der Waals surface area contributed by atoms with Gasteiger partial charge in [-0.3, -0.25) is 4.79 Å². The number of hydrogen-bond acceptors (Lipinski definition) is 3. The molecule has 3 rings (SSSR count). The summed E-state index contributed by atoms with van der Waals surface area (Å²) in [5.41, 5.74) is 9.23. The summed E-state index contributed by atoms with van der Waals surface area (Å²) in [6.07, 6.45) is 0. The molecule has 3 N–H and O–H groups in total. The Hall–Kier alpha value is -2.73. The van der Waals surface area contributed by atoms with Gasteiger partial charge in [0.1, 0.15) is 0 Å². The monoisotopic (exact) mass is 413 g/mol. The van der Waals surface area contributed by atoms with Gasteiger partial charge < -0.3 is 20.9 Å². The van der Waals surface area contributed by atoms with Crippen LogP contribution >= 0.6 is 11.6 Å². The van der Waals surface area contributed by atoms with Gasteiger partial charge in [0.2, 0.25) is 5.91 Å². The van der Waals surface area contributed by atoms with Gasteiger partial charge in [0.15, 0.2) is 5.96 Å². The average molecular weight is 414 g/mol. The third kappa shape index (κ3) is 5.87. The maximum absolute atomic E-state index is 11.8. The number of hydrogen-bond donors (Lipinski definition) is 2. The lowest BCUT2D eigenvalue weighted by atomic mass is 10.1. The van der Waals surface area contributed by atoms with Crippen molar-refractivity contribution in [2.24, 2.45) is 16.6 Å². The van der Waals surface area contributed by atoms with Crippen molar-refractivity contribution in [3.63, 3.8) is 0 Å². The molecule has 0 saturated carbocycles. The number of nitrogens with zero attached hydrogens (tertiary/aromatic N) is 3. The van der Waals surface area contributed by atoms with Crippen LogP contribution in [0.3, 0.4) is 0 Å². The fraction of sp³-hybridized carbons (Fsp3) is 0.364. The minimum absolute atomic E-state index is 0.0118. The first-order valence-corrected chi connectivity index (χ1v) is 10.3. The molecule has 0 unspecified atom stereocenters. The van der Waals surface area contributed by atoms with Crippen molar-refractivity contribution in [3.05, 3.63) is 59.1 Å². The van der Waals surface area contributed by atoms with Gasteiger partial charge in [0, 0.05) is 48.5 Å². The summed E-state index contributed by atoms with van der Waals surface area (Å²) in [6.45, 7) is 7.70. The number of carbonyl (C=O) groups excluding carboxylic acids is 1. The molecule has 154 valence electrons. The quantitative estimate of drug-likeness (QED) is 0.580. The Bertz CT molecular complexity index is 841. The summed E-state index contributed by atoms with van der Waals surface area (Å²) in [4.78, 5) is 20.7. The SMILES string of the molecule is CC(C)C(=O)Nc1ccc(CN=C(N)N2CCN(c3ccc(Cl)cc3)CC2)cc1. The van der Waals surface area contributed by atoms with E-state index >= 15 is 0 Å². The number of halogens is 1. The van der Waals surface area contributed by atoms with E-state index in [1.165, 1.54) is 5.69 Å². The van der Waals surface area contributed by atoms with E-state index in [0.29, 0.717) is 12.5 Å². The van der Waals surface area contributed by atoms with Crippen LogP contribution in [0.25, 0.3) is 0 Å². The molecule has 1 aliphatic rings. The van der Waals surface area contributed by atoms with Gasteiger partial charge in [-0.15, -0.1) is 0 Å². The van der Waals surface area contributed by atoms with E-state index in [0.717, 1.165) is 42.5 Å². The van der Waals surface area contributed by atoms with Crippen molar-refractivity contribution >= 4 is 34.8 Å². The maximum Gasteiger partial charge on any atom is 0.226 e. The molecule has 1 aliphatic heterocycles. The summed E-state index contributed by atoms with van der Waals surface area (Å²) < 4.78 is 0. The third-order valence-electron chi connectivity index (χ3n) is 4.96. The predicted molar refractivity (Wildman–Crippen MR) is 120 cm³/mol. The fourth-order valence-electron chi connectivity index (χ4n) is 3.10. The van der Waals surface area contributed by atoms with E-state index in [-0.39, 0.29) is 11.8 Å². The van der Waals surface area contributed by atoms with E-state index in [2.05, 4.69) is 20.1 Å². The first-order valence-electron chi connectivity index (χ1n) is 9.87. The van der Waals surface area contributed by atoms with Crippen LogP contribution in [0.15, 0.2) is 53.5 Å². The van der Waals surface area contributed by atoms with Gasteiger partial charge in [-0.25, -0.2) is 4.99 Å². The first-order chi connectivity index (χ1) is 13.9. The lowest BCUT2D eigenvalue weighted by Gasteiger charge is -2.36. The second-order valence-electron chi connectivity index (χ2n) is 7.47. The number of aliphatic imine (C=N–C) groups is 1. The summed E-state index contributed by atoms with van der Waals surface area (Å²) in [6, 6.07) is 15.6. The number of carbonyl (C=O) groups is 1. The highest BCUT2D eigenvalue weighted by Gasteiger charge is 2.18. The molecule has 2 aromatic rings. The van der Waals surface area contributed by atoms with Gasteiger partial charge in [-0.1, -0.05) is 37.6 Å². The molecule has 0 aliphatic carbocycles. The topological polar surface area (TPSA) is 74.0 Å². The van der Waals surface area contributed by atoms with Crippen LogP contribution in [0.5, 0.6) is 0 Å². The molecule has 0 spiro atoms. The van der Waals surface area contributed by atoms with Gasteiger partial charge in [0.05, 0.1) is 6.54 Å². The van der Waals surface area contributed by atoms with E-state index in [4.69, 9.17) is 17.3 Å². The number of rotatable bonds is 5. The lowest BCUT2D eigenvalue weighted by Crippen LogP contribution is -2.51. The van der Waals surface area contributed by atoms with E-state index in [9.17, 15) is 4.79 Å². The first kappa shape index (κ1) is 21.0. The lowest BCUT2D eigenvalue weighted by molar-refractivity contribution is -0.118. The second-order valence-corrected chi connectivity index (χ2v) is 7.90. The Kier molecular flexibility index (Phi) is 6.99. The number of nitrogens with one attached hydrogen (secondary N) is 1. The van der Waals surface area contributed by atoms with Gasteiger partial charge in [-0.05, 0) is 42.0 Å². The second kappa shape index (κ2) is 9.65. The van der Waals surface area contributed by atoms with Crippen LogP contribution in [0.4, 0.5) is 11.4 Å². The van der Waals surface area contributed by atoms with Crippen molar-refractivity contribution in [1.29, 1.82) is 0 Å². The number of benzene rings is 2. The van der Waals surface area contributed by atoms with E-state index in [1.54, 1.807) is 0 Å². The Balaban J connectivity index is 1.50. The van der Waals surface area contributed by atoms with Gasteiger partial charge >= 0.3 is 0 Å². The molecule has 1 amide bonds. The van der Waals surface area contributed by atoms with E-state index < -0.39 is 0 Å². The molecule has 7 heteroatoms. The molecule has 2 aromatic carbocycles. The van der Waals surface area contributed by atoms with Crippen LogP contribution in [0.2, 0.25) is 5.02 Å². The van der Waals surface area contributed by atoms with Crippen LogP contribution in [0.1, 0.15) is 19.4 Å². The number of anilines is 2. The van der Waals surface area contributed by atoms with Crippen molar-refractivity contribution in [2.45, 2.75) is 20.4 Å². The summed E-state index contributed by atoms with van der Waals surface area (Å²) in [5, 5.41) is 3.64. The molecule has 1 heterocycles. The van der Waals surface area contributed by atoms with E-state index in [1.807, 2.05) is 62.4 Å². The van der Waals surface area contributed by atoms with Crippen LogP contribution in [0, 0.1) is 5.92 Å². The fourth-order valence-corrected chi connectivity index (χ4v) is 3.22. The Morgan fingerprint density at radius 3 is 2.28 bits per heavy atom. The standard InChI is InChI=1S/C22H28ClN5O/c1-16(2)21(29)26-19-7-3-17(4-8-19)15-25-22(24)28-13-11-27(12-14-28)20-9-5-18(23)6-10-20/h3-10,16H,11-15H2,1-2H3,(H2,24,25)(H,26,29). The van der Waals surface area contributed by atoms with Crippen molar-refractivity contribution in [2.75, 3.05) is 36.4 Å². The molecular weight excluding hydrogens is 386 g/mol. The summed E-state index contributed by atoms with van der Waals surface area (Å²) >= 11 is 5.97. The van der Waals surface area contributed by atoms with Crippen LogP contribution < -0.4 is 16.0 Å². The summed E-state index contributed by atoms with van der Waals surface area (Å²) in [5.74, 6) is 0.537. The van der Waals surface area contributed by atoms with Crippen LogP contribution in [-0.2, 0) is 11.3 Å². The number of nitrogens with two attached hydrogens (primary N) is 1. The molecule has 0 aromatic heterocycles. The van der Waals surface area contributed by atoms with Crippen molar-refractivity contribution in [3.8, 4) is 0 Å². The molecule has 0 bridgehead atoms. The zero-order valence-electron chi connectivity index (χ0n) is 16.9. The zero-order chi connectivity index (χ0) is 20.8. The maximum atomic E-state index is 11.8. The number of piperazine rings is 1. The predicted octanol–water partition coefficient (Wildman–Crippen LogP) is 3.57. The average Bonchev–Trinajstić information content (AvgIpc) is 2.73. The number of guanidine groups is 1. The highest BCUT2D eigenvalue weighted by molar-refractivity contribution is 6.30. The molecule has 1 saturated heterocycles. The van der Waals surface area contributed by atoms with Crippen molar-refractivity contribution < 1.29 is 4.79 Å². The Morgan fingerprint density at radius 2 is 1.69 bits per heavy atom. The highest BCUT2D eigenvalue weighted by atomic mass is 35.5. The zero-order valence-corrected chi connectivity index (χ0v) is 17.7. The smallest absolute Gasteiger partial charge is 0.226 e. The van der Waals surface area contributed by atoms with Gasteiger partial charge in [-0.2, -0.15) is 0 Å².